The quantitative estimate of drug-likeness (QED) is 0.854. The molecular formula is C19H27NO3. The first-order valence-electron chi connectivity index (χ1n) is 8.97. The summed E-state index contributed by atoms with van der Waals surface area (Å²) in [5, 5.41) is 0. The van der Waals surface area contributed by atoms with Gasteiger partial charge in [0, 0.05) is 26.1 Å². The van der Waals surface area contributed by atoms with Gasteiger partial charge in [0.25, 0.3) is 0 Å². The molecule has 1 aromatic rings. The first-order chi connectivity index (χ1) is 11.3. The highest BCUT2D eigenvalue weighted by molar-refractivity contribution is 5.21. The summed E-state index contributed by atoms with van der Waals surface area (Å²) in [4.78, 5) is 2.59. The molecule has 3 saturated heterocycles. The van der Waals surface area contributed by atoms with Crippen LogP contribution in [0.15, 0.2) is 30.3 Å². The summed E-state index contributed by atoms with van der Waals surface area (Å²) < 4.78 is 17.9. The molecule has 23 heavy (non-hydrogen) atoms. The van der Waals surface area contributed by atoms with Crippen molar-refractivity contribution in [3.63, 3.8) is 0 Å². The Hall–Kier alpha value is -1.10. The first-order valence-corrected chi connectivity index (χ1v) is 8.97. The van der Waals surface area contributed by atoms with Crippen LogP contribution in [0.3, 0.4) is 0 Å². The van der Waals surface area contributed by atoms with Crippen molar-refractivity contribution in [1.29, 1.82) is 0 Å². The van der Waals surface area contributed by atoms with Gasteiger partial charge in [-0.25, -0.2) is 0 Å². The lowest BCUT2D eigenvalue weighted by atomic mass is 9.88. The maximum Gasteiger partial charge on any atom is 0.125 e. The maximum absolute atomic E-state index is 6.26. The Balaban J connectivity index is 1.33. The molecule has 4 heteroatoms. The summed E-state index contributed by atoms with van der Waals surface area (Å²) in [7, 11) is 0. The number of benzene rings is 1. The first kappa shape index (κ1) is 15.4. The Morgan fingerprint density at radius 3 is 2.96 bits per heavy atom. The van der Waals surface area contributed by atoms with Crippen molar-refractivity contribution in [3.8, 4) is 5.75 Å². The average molecular weight is 317 g/mol. The van der Waals surface area contributed by atoms with E-state index < -0.39 is 0 Å². The molecule has 4 rings (SSSR count). The second-order valence-electron chi connectivity index (χ2n) is 7.32. The molecule has 4 nitrogen and oxygen atoms in total. The van der Waals surface area contributed by atoms with Crippen LogP contribution in [0.2, 0.25) is 0 Å². The number of hydrogen-bond acceptors (Lipinski definition) is 4. The van der Waals surface area contributed by atoms with Crippen LogP contribution in [-0.2, 0) is 9.47 Å². The lowest BCUT2D eigenvalue weighted by molar-refractivity contribution is -0.0548. The number of para-hydroxylation sites is 1. The van der Waals surface area contributed by atoms with E-state index in [1.54, 1.807) is 0 Å². The van der Waals surface area contributed by atoms with E-state index in [4.69, 9.17) is 14.2 Å². The fourth-order valence-corrected chi connectivity index (χ4v) is 4.29. The molecule has 3 heterocycles. The lowest BCUT2D eigenvalue weighted by Gasteiger charge is -2.40. The number of hydrogen-bond donors (Lipinski definition) is 0. The molecule has 0 radical (unpaired) electrons. The van der Waals surface area contributed by atoms with E-state index in [0.717, 1.165) is 45.1 Å². The van der Waals surface area contributed by atoms with E-state index >= 15 is 0 Å². The van der Waals surface area contributed by atoms with E-state index in [0.29, 0.717) is 5.92 Å². The standard InChI is InChI=1S/C19H27NO3/c1-2-5-17(6-3-1)23-18-11-19(22-14-18)8-4-9-20(15-19)12-16-7-10-21-13-16/h1-3,5-6,16,18H,4,7-15H2. The van der Waals surface area contributed by atoms with E-state index in [-0.39, 0.29) is 11.7 Å². The van der Waals surface area contributed by atoms with Crippen molar-refractivity contribution in [2.24, 2.45) is 5.92 Å². The van der Waals surface area contributed by atoms with Crippen molar-refractivity contribution in [2.75, 3.05) is 39.5 Å². The summed E-state index contributed by atoms with van der Waals surface area (Å²) >= 11 is 0. The Morgan fingerprint density at radius 1 is 1.22 bits per heavy atom. The van der Waals surface area contributed by atoms with Crippen LogP contribution in [0.5, 0.6) is 5.75 Å². The summed E-state index contributed by atoms with van der Waals surface area (Å²) in [5.41, 5.74) is 0.0111. The van der Waals surface area contributed by atoms with E-state index in [1.165, 1.54) is 25.8 Å². The Morgan fingerprint density at radius 2 is 2.13 bits per heavy atom. The van der Waals surface area contributed by atoms with Crippen molar-refractivity contribution >= 4 is 0 Å². The van der Waals surface area contributed by atoms with E-state index in [2.05, 4.69) is 4.90 Å². The molecule has 0 amide bonds. The fraction of sp³-hybridized carbons (Fsp3) is 0.684. The molecule has 1 spiro atoms. The number of ether oxygens (including phenoxy) is 3. The van der Waals surface area contributed by atoms with Gasteiger partial charge in [0.05, 0.1) is 18.8 Å². The summed E-state index contributed by atoms with van der Waals surface area (Å²) in [6.45, 7) is 6.01. The molecule has 3 fully saturated rings. The van der Waals surface area contributed by atoms with Gasteiger partial charge in [-0.3, -0.25) is 0 Å². The molecule has 0 N–H and O–H groups in total. The second-order valence-corrected chi connectivity index (χ2v) is 7.32. The third-order valence-corrected chi connectivity index (χ3v) is 5.38. The minimum atomic E-state index is 0.0111. The lowest BCUT2D eigenvalue weighted by Crippen LogP contribution is -2.49. The Bertz CT molecular complexity index is 503. The largest absolute Gasteiger partial charge is 0.488 e. The predicted octanol–water partition coefficient (Wildman–Crippen LogP) is 2.73. The minimum absolute atomic E-state index is 0.0111. The number of piperidine rings is 1. The van der Waals surface area contributed by atoms with E-state index in [9.17, 15) is 0 Å². The van der Waals surface area contributed by atoms with Gasteiger partial charge in [0.1, 0.15) is 11.9 Å². The zero-order valence-corrected chi connectivity index (χ0v) is 13.8. The molecule has 3 unspecified atom stereocenters. The molecule has 0 aliphatic carbocycles. The van der Waals surface area contributed by atoms with Gasteiger partial charge < -0.3 is 19.1 Å². The van der Waals surface area contributed by atoms with Crippen LogP contribution >= 0.6 is 0 Å². The van der Waals surface area contributed by atoms with Crippen LogP contribution in [0.4, 0.5) is 0 Å². The molecule has 0 bridgehead atoms. The summed E-state index contributed by atoms with van der Waals surface area (Å²) in [6, 6.07) is 10.1. The van der Waals surface area contributed by atoms with E-state index in [1.807, 2.05) is 30.3 Å². The number of rotatable bonds is 4. The van der Waals surface area contributed by atoms with Gasteiger partial charge in [-0.2, -0.15) is 0 Å². The zero-order valence-electron chi connectivity index (χ0n) is 13.8. The maximum atomic E-state index is 6.26. The molecule has 0 saturated carbocycles. The van der Waals surface area contributed by atoms with Crippen LogP contribution < -0.4 is 4.74 Å². The van der Waals surface area contributed by atoms with Crippen LogP contribution in [-0.4, -0.2) is 56.1 Å². The topological polar surface area (TPSA) is 30.9 Å². The molecular weight excluding hydrogens is 290 g/mol. The van der Waals surface area contributed by atoms with Gasteiger partial charge in [0.2, 0.25) is 0 Å². The highest BCUT2D eigenvalue weighted by Crippen LogP contribution is 2.36. The third-order valence-electron chi connectivity index (χ3n) is 5.38. The third kappa shape index (κ3) is 3.70. The summed E-state index contributed by atoms with van der Waals surface area (Å²) in [6.07, 6.45) is 4.81. The highest BCUT2D eigenvalue weighted by Gasteiger charge is 2.44. The Labute approximate surface area is 138 Å². The van der Waals surface area contributed by atoms with Crippen molar-refractivity contribution in [2.45, 2.75) is 37.4 Å². The van der Waals surface area contributed by atoms with Crippen molar-refractivity contribution in [3.05, 3.63) is 30.3 Å². The second kappa shape index (κ2) is 6.80. The Kier molecular flexibility index (Phi) is 4.56. The van der Waals surface area contributed by atoms with Gasteiger partial charge >= 0.3 is 0 Å². The molecule has 0 aromatic heterocycles. The normalized spacial score (nSPS) is 35.0. The van der Waals surface area contributed by atoms with Gasteiger partial charge in [-0.1, -0.05) is 18.2 Å². The molecule has 3 aliphatic rings. The molecule has 126 valence electrons. The average Bonchev–Trinajstić information content (AvgIpc) is 3.19. The predicted molar refractivity (Wildman–Crippen MR) is 88.8 cm³/mol. The van der Waals surface area contributed by atoms with Crippen molar-refractivity contribution < 1.29 is 14.2 Å². The molecule has 1 aromatic carbocycles. The van der Waals surface area contributed by atoms with Crippen LogP contribution in [0.25, 0.3) is 0 Å². The zero-order chi connectivity index (χ0) is 15.5. The fourth-order valence-electron chi connectivity index (χ4n) is 4.29. The SMILES string of the molecule is c1ccc(OC2COC3(CCCN(CC4CCOC4)C3)C2)cc1. The van der Waals surface area contributed by atoms with Crippen LogP contribution in [0, 0.1) is 5.92 Å². The monoisotopic (exact) mass is 317 g/mol. The summed E-state index contributed by atoms with van der Waals surface area (Å²) in [5.74, 6) is 1.66. The van der Waals surface area contributed by atoms with Gasteiger partial charge in [-0.05, 0) is 43.9 Å². The van der Waals surface area contributed by atoms with Crippen molar-refractivity contribution in [1.82, 2.24) is 4.90 Å². The highest BCUT2D eigenvalue weighted by atomic mass is 16.6. The van der Waals surface area contributed by atoms with Gasteiger partial charge in [-0.15, -0.1) is 0 Å². The minimum Gasteiger partial charge on any atom is -0.488 e. The van der Waals surface area contributed by atoms with Gasteiger partial charge in [0.15, 0.2) is 0 Å². The molecule has 3 aliphatic heterocycles. The number of nitrogens with zero attached hydrogens (tertiary/aromatic N) is 1. The molecule has 3 atom stereocenters. The van der Waals surface area contributed by atoms with Crippen LogP contribution in [0.1, 0.15) is 25.7 Å². The smallest absolute Gasteiger partial charge is 0.125 e. The number of likely N-dealkylation sites (tertiary alicyclic amines) is 1.